The van der Waals surface area contributed by atoms with E-state index in [1.807, 2.05) is 0 Å². The molecule has 2 aromatic carbocycles. The second kappa shape index (κ2) is 9.06. The number of carbonyl (C=O) groups excluding carboxylic acids is 1. The standard InChI is InChI=1S/C17H9Br2ClF6N2O4/c1-32-13-8(3-2-4-11(13)28(30)31)14(29)27-12-9(18)5-7(6-10(12)20)15(21,16(19,22)23)17(24,25)26/h2-6H,1H3,(H,27,29). The molecule has 1 atom stereocenters. The van der Waals surface area contributed by atoms with Crippen LogP contribution < -0.4 is 10.1 Å². The Hall–Kier alpha value is -2.06. The smallest absolute Gasteiger partial charge is 0.433 e. The number of para-hydroxylation sites is 1. The first-order valence-corrected chi connectivity index (χ1v) is 9.97. The number of hydrogen-bond acceptors (Lipinski definition) is 4. The first-order chi connectivity index (χ1) is 14.6. The number of halogens is 9. The third-order valence-electron chi connectivity index (χ3n) is 4.10. The van der Waals surface area contributed by atoms with Crippen LogP contribution in [0.2, 0.25) is 5.02 Å². The van der Waals surface area contributed by atoms with Crippen LogP contribution in [0, 0.1) is 10.1 Å². The third kappa shape index (κ3) is 4.66. The number of rotatable bonds is 6. The van der Waals surface area contributed by atoms with Crippen molar-refractivity contribution in [3.8, 4) is 5.75 Å². The number of carbonyl (C=O) groups is 1. The van der Waals surface area contributed by atoms with E-state index in [0.29, 0.717) is 6.07 Å². The Morgan fingerprint density at radius 1 is 1.19 bits per heavy atom. The molecule has 2 rings (SSSR count). The summed E-state index contributed by atoms with van der Waals surface area (Å²) in [6, 6.07) is 4.03. The number of benzene rings is 2. The zero-order valence-corrected chi connectivity index (χ0v) is 19.3. The van der Waals surface area contributed by atoms with Gasteiger partial charge in [-0.05, 0) is 50.1 Å². The minimum atomic E-state index is -6.04. The second-order valence-corrected chi connectivity index (χ2v) is 8.30. The highest BCUT2D eigenvalue weighted by Crippen LogP contribution is 2.56. The molecule has 1 amide bonds. The van der Waals surface area contributed by atoms with Crippen LogP contribution in [-0.4, -0.2) is 28.9 Å². The van der Waals surface area contributed by atoms with E-state index in [0.717, 1.165) is 19.2 Å². The van der Waals surface area contributed by atoms with Crippen molar-refractivity contribution in [3.05, 3.63) is 61.1 Å². The predicted octanol–water partition coefficient (Wildman–Crippen LogP) is 6.99. The molecule has 2 aromatic rings. The van der Waals surface area contributed by atoms with E-state index in [1.54, 1.807) is 0 Å². The molecule has 0 heterocycles. The van der Waals surface area contributed by atoms with Crippen molar-refractivity contribution < 1.29 is 40.8 Å². The van der Waals surface area contributed by atoms with E-state index in [4.69, 9.17) is 16.3 Å². The minimum absolute atomic E-state index is 0.273. The SMILES string of the molecule is COc1c(C(=O)Nc2c(Cl)cc(C(F)(C(F)(F)F)C(F)(F)Br)cc2Br)cccc1[N+](=O)[O-]. The van der Waals surface area contributed by atoms with Gasteiger partial charge in [0.15, 0.2) is 0 Å². The summed E-state index contributed by atoms with van der Waals surface area (Å²) in [6.07, 6.45) is -6.04. The molecular weight excluding hydrogens is 605 g/mol. The Bertz CT molecular complexity index is 1040. The first kappa shape index (κ1) is 26.2. The number of nitro groups is 1. The number of ether oxygens (including phenoxy) is 1. The van der Waals surface area contributed by atoms with Gasteiger partial charge < -0.3 is 10.1 Å². The van der Waals surface area contributed by atoms with Gasteiger partial charge in [0.05, 0.1) is 28.3 Å². The number of methoxy groups -OCH3 is 1. The van der Waals surface area contributed by atoms with Gasteiger partial charge in [-0.25, -0.2) is 4.39 Å². The molecule has 1 unspecified atom stereocenters. The number of nitro benzene ring substituents is 1. The van der Waals surface area contributed by atoms with Crippen molar-refractivity contribution in [1.29, 1.82) is 0 Å². The Balaban J connectivity index is 2.55. The highest BCUT2D eigenvalue weighted by molar-refractivity contribution is 9.10. The van der Waals surface area contributed by atoms with Crippen LogP contribution in [-0.2, 0) is 5.67 Å². The summed E-state index contributed by atoms with van der Waals surface area (Å²) in [5.74, 6) is -1.45. The lowest BCUT2D eigenvalue weighted by Crippen LogP contribution is -2.49. The van der Waals surface area contributed by atoms with E-state index < -0.39 is 59.7 Å². The maximum atomic E-state index is 14.6. The third-order valence-corrected chi connectivity index (χ3v) is 5.57. The van der Waals surface area contributed by atoms with Crippen LogP contribution in [0.4, 0.5) is 37.7 Å². The lowest BCUT2D eigenvalue weighted by Gasteiger charge is -2.32. The summed E-state index contributed by atoms with van der Waals surface area (Å²) >= 11 is 10.0. The Kier molecular flexibility index (Phi) is 7.42. The molecule has 15 heteroatoms. The molecular formula is C17H9Br2ClF6N2O4. The number of alkyl halides is 7. The van der Waals surface area contributed by atoms with Gasteiger partial charge >= 0.3 is 22.4 Å². The summed E-state index contributed by atoms with van der Waals surface area (Å²) in [7, 11) is 1.06. The number of anilines is 1. The fraction of sp³-hybridized carbons (Fsp3) is 0.235. The number of nitrogens with zero attached hydrogens (tertiary/aromatic N) is 1. The summed E-state index contributed by atoms with van der Waals surface area (Å²) in [4.78, 5) is 17.8. The summed E-state index contributed by atoms with van der Waals surface area (Å²) in [6.45, 7) is 0. The van der Waals surface area contributed by atoms with Gasteiger partial charge in [-0.15, -0.1) is 0 Å². The molecule has 6 nitrogen and oxygen atoms in total. The van der Waals surface area contributed by atoms with Gasteiger partial charge in [-0.1, -0.05) is 17.7 Å². The van der Waals surface area contributed by atoms with E-state index in [-0.39, 0.29) is 11.6 Å². The number of amides is 1. The zero-order chi connectivity index (χ0) is 24.6. The van der Waals surface area contributed by atoms with Crippen molar-refractivity contribution in [2.24, 2.45) is 0 Å². The topological polar surface area (TPSA) is 81.5 Å². The molecule has 0 aliphatic heterocycles. The molecule has 1 N–H and O–H groups in total. The number of hydrogen-bond donors (Lipinski definition) is 1. The average molecular weight is 615 g/mol. The van der Waals surface area contributed by atoms with Crippen LogP contribution in [0.3, 0.4) is 0 Å². The molecule has 0 bridgehead atoms. The highest BCUT2D eigenvalue weighted by atomic mass is 79.9. The lowest BCUT2D eigenvalue weighted by molar-refractivity contribution is -0.385. The predicted molar refractivity (Wildman–Crippen MR) is 109 cm³/mol. The fourth-order valence-electron chi connectivity index (χ4n) is 2.62. The normalized spacial score (nSPS) is 13.9. The molecule has 0 radical (unpaired) electrons. The lowest BCUT2D eigenvalue weighted by atomic mass is 9.95. The highest BCUT2D eigenvalue weighted by Gasteiger charge is 2.71. The summed E-state index contributed by atoms with van der Waals surface area (Å²) < 4.78 is 85.7. The summed E-state index contributed by atoms with van der Waals surface area (Å²) in [5, 5.41) is 12.5. The van der Waals surface area contributed by atoms with Crippen LogP contribution in [0.15, 0.2) is 34.8 Å². The maximum absolute atomic E-state index is 14.6. The van der Waals surface area contributed by atoms with Crippen LogP contribution in [0.1, 0.15) is 15.9 Å². The fourth-order valence-corrected chi connectivity index (χ4v) is 4.02. The van der Waals surface area contributed by atoms with Gasteiger partial charge in [0, 0.05) is 16.1 Å². The van der Waals surface area contributed by atoms with Crippen LogP contribution >= 0.6 is 43.5 Å². The van der Waals surface area contributed by atoms with Crippen molar-refractivity contribution in [2.45, 2.75) is 16.7 Å². The van der Waals surface area contributed by atoms with E-state index >= 15 is 0 Å². The van der Waals surface area contributed by atoms with Gasteiger partial charge in [-0.2, -0.15) is 22.0 Å². The maximum Gasteiger partial charge on any atom is 0.433 e. The molecule has 0 aliphatic carbocycles. The molecule has 32 heavy (non-hydrogen) atoms. The Morgan fingerprint density at radius 3 is 2.22 bits per heavy atom. The van der Waals surface area contributed by atoms with E-state index in [1.165, 1.54) is 22.0 Å². The van der Waals surface area contributed by atoms with E-state index in [2.05, 4.69) is 21.2 Å². The monoisotopic (exact) mass is 612 g/mol. The van der Waals surface area contributed by atoms with Crippen molar-refractivity contribution in [3.63, 3.8) is 0 Å². The quantitative estimate of drug-likeness (QED) is 0.165. The molecule has 0 aliphatic rings. The molecule has 174 valence electrons. The number of nitrogens with one attached hydrogen (secondary N) is 1. The van der Waals surface area contributed by atoms with Gasteiger partial charge in [0.25, 0.3) is 5.91 Å². The second-order valence-electron chi connectivity index (χ2n) is 6.04. The van der Waals surface area contributed by atoms with Gasteiger partial charge in [0.2, 0.25) is 5.75 Å². The molecule has 0 saturated carbocycles. The molecule has 0 spiro atoms. The van der Waals surface area contributed by atoms with Crippen LogP contribution in [0.5, 0.6) is 5.75 Å². The van der Waals surface area contributed by atoms with Gasteiger partial charge in [-0.3, -0.25) is 14.9 Å². The average Bonchev–Trinajstić information content (AvgIpc) is 2.67. The van der Waals surface area contributed by atoms with Crippen molar-refractivity contribution in [1.82, 2.24) is 0 Å². The first-order valence-electron chi connectivity index (χ1n) is 8.00. The summed E-state index contributed by atoms with van der Waals surface area (Å²) in [5.41, 5.74) is -7.99. The van der Waals surface area contributed by atoms with Gasteiger partial charge in [0.1, 0.15) is 0 Å². The minimum Gasteiger partial charge on any atom is -0.490 e. The molecule has 0 fully saturated rings. The van der Waals surface area contributed by atoms with Crippen molar-refractivity contribution in [2.75, 3.05) is 12.4 Å². The zero-order valence-electron chi connectivity index (χ0n) is 15.4. The largest absolute Gasteiger partial charge is 0.490 e. The molecule has 0 aromatic heterocycles. The molecule has 0 saturated heterocycles. The van der Waals surface area contributed by atoms with Crippen molar-refractivity contribution >= 4 is 60.7 Å². The Labute approximate surface area is 197 Å². The van der Waals surface area contributed by atoms with E-state index in [9.17, 15) is 41.3 Å². The van der Waals surface area contributed by atoms with Crippen LogP contribution in [0.25, 0.3) is 0 Å². The Morgan fingerprint density at radius 2 is 1.78 bits per heavy atom.